The van der Waals surface area contributed by atoms with E-state index in [0.717, 1.165) is 5.56 Å². The fourth-order valence-corrected chi connectivity index (χ4v) is 3.91. The molecule has 2 aromatic carbocycles. The van der Waals surface area contributed by atoms with Crippen LogP contribution in [0.1, 0.15) is 5.76 Å². The van der Waals surface area contributed by atoms with E-state index in [9.17, 15) is 5.11 Å². The van der Waals surface area contributed by atoms with Gasteiger partial charge >= 0.3 is 0 Å². The summed E-state index contributed by atoms with van der Waals surface area (Å²) in [6.45, 7) is 0. The second-order valence-electron chi connectivity index (χ2n) is 6.94. The molecule has 0 spiro atoms. The second kappa shape index (κ2) is 9.38. The van der Waals surface area contributed by atoms with Crippen LogP contribution in [0.4, 0.5) is 5.13 Å². The Labute approximate surface area is 202 Å². The maximum Gasteiger partial charge on any atom is 0.289 e. The van der Waals surface area contributed by atoms with E-state index < -0.39 is 5.95 Å². The first-order chi connectivity index (χ1) is 16.6. The van der Waals surface area contributed by atoms with Crippen LogP contribution < -0.4 is 20.0 Å². The molecule has 0 radical (unpaired) electrons. The summed E-state index contributed by atoms with van der Waals surface area (Å²) in [6.07, 6.45) is 1.54. The summed E-state index contributed by atoms with van der Waals surface area (Å²) >= 11 is 7.21. The molecule has 5 aromatic rings. The molecule has 3 heterocycles. The lowest BCUT2D eigenvalue weighted by Gasteiger charge is -1.98. The fraction of sp³-hybridized carbons (Fsp3) is 0.0435. The van der Waals surface area contributed by atoms with Gasteiger partial charge in [0.1, 0.15) is 17.3 Å². The lowest BCUT2D eigenvalue weighted by molar-refractivity contribution is -0.660. The van der Waals surface area contributed by atoms with Crippen LogP contribution in [0.3, 0.4) is 0 Å². The molecule has 3 aromatic heterocycles. The molecule has 0 amide bonds. The third-order valence-corrected chi connectivity index (χ3v) is 5.78. The average molecular weight is 494 g/mol. The maximum atomic E-state index is 12.3. The van der Waals surface area contributed by atoms with Gasteiger partial charge in [0.15, 0.2) is 11.6 Å². The summed E-state index contributed by atoms with van der Waals surface area (Å²) < 4.78 is 17.2. The fourth-order valence-electron chi connectivity index (χ4n) is 3.14. The molecule has 34 heavy (non-hydrogen) atoms. The highest BCUT2D eigenvalue weighted by Crippen LogP contribution is 2.28. The zero-order valence-electron chi connectivity index (χ0n) is 17.6. The number of hydrogen-bond acceptors (Lipinski definition) is 9. The number of aromatic nitrogens is 3. The molecule has 0 atom stereocenters. The molecule has 0 bridgehead atoms. The normalized spacial score (nSPS) is 11.2. The number of nitrogens with one attached hydrogen (secondary N) is 1. The van der Waals surface area contributed by atoms with Gasteiger partial charge in [-0.15, -0.1) is 11.3 Å². The smallest absolute Gasteiger partial charge is 0.289 e. The molecule has 0 aliphatic carbocycles. The Morgan fingerprint density at radius 1 is 1.12 bits per heavy atom. The molecule has 0 saturated carbocycles. The average Bonchev–Trinajstić information content (AvgIpc) is 3.60. The van der Waals surface area contributed by atoms with Crippen LogP contribution in [0.15, 0.2) is 80.1 Å². The molecule has 0 aliphatic rings. The number of hydrogen-bond donors (Lipinski definition) is 1. The van der Waals surface area contributed by atoms with Crippen molar-refractivity contribution < 1.29 is 23.5 Å². The molecule has 0 saturated heterocycles. The van der Waals surface area contributed by atoms with Crippen molar-refractivity contribution >= 4 is 34.3 Å². The SMILES string of the molecule is COc1ccc(-[n+]2noc([O-])c2-c2csc(N/N=C/c3ccc(-c4ccc(Cl)cc4)o3)n2)cc1. The Balaban J connectivity index is 1.30. The van der Waals surface area contributed by atoms with E-state index in [1.807, 2.05) is 18.2 Å². The Bertz CT molecular complexity index is 1440. The number of anilines is 1. The lowest BCUT2D eigenvalue weighted by Crippen LogP contribution is -2.34. The summed E-state index contributed by atoms with van der Waals surface area (Å²) in [7, 11) is 1.58. The Kier molecular flexibility index (Phi) is 5.98. The molecular formula is C23H16ClN5O4S. The van der Waals surface area contributed by atoms with Gasteiger partial charge < -0.3 is 18.8 Å². The van der Waals surface area contributed by atoms with Crippen LogP contribution in [-0.2, 0) is 0 Å². The van der Waals surface area contributed by atoms with E-state index >= 15 is 0 Å². The third kappa shape index (κ3) is 4.49. The number of halogens is 1. The molecule has 9 nitrogen and oxygen atoms in total. The summed E-state index contributed by atoms with van der Waals surface area (Å²) in [5.74, 6) is 1.36. The predicted molar refractivity (Wildman–Crippen MR) is 126 cm³/mol. The van der Waals surface area contributed by atoms with Crippen LogP contribution in [0.2, 0.25) is 5.02 Å². The number of furan rings is 1. The Morgan fingerprint density at radius 2 is 1.91 bits per heavy atom. The molecular weight excluding hydrogens is 478 g/mol. The van der Waals surface area contributed by atoms with Gasteiger partial charge in [0.05, 0.1) is 18.6 Å². The lowest BCUT2D eigenvalue weighted by atomic mass is 10.2. The molecule has 0 unspecified atom stereocenters. The van der Waals surface area contributed by atoms with Crippen LogP contribution in [0, 0.1) is 0 Å². The minimum absolute atomic E-state index is 0.206. The van der Waals surface area contributed by atoms with Gasteiger partial charge in [-0.25, -0.2) is 4.98 Å². The number of thiazole rings is 1. The van der Waals surface area contributed by atoms with E-state index in [4.69, 9.17) is 25.3 Å². The van der Waals surface area contributed by atoms with Crippen LogP contribution in [0.5, 0.6) is 11.7 Å². The first kappa shape index (κ1) is 21.7. The first-order valence-electron chi connectivity index (χ1n) is 9.95. The number of rotatable bonds is 7. The van der Waals surface area contributed by atoms with Crippen molar-refractivity contribution in [3.63, 3.8) is 0 Å². The number of nitrogens with zero attached hydrogens (tertiary/aromatic N) is 4. The van der Waals surface area contributed by atoms with E-state index in [0.29, 0.717) is 38.8 Å². The Hall–Kier alpha value is -4.15. The van der Waals surface area contributed by atoms with Gasteiger partial charge in [-0.3, -0.25) is 5.43 Å². The maximum absolute atomic E-state index is 12.3. The van der Waals surface area contributed by atoms with Gasteiger partial charge in [0.25, 0.3) is 5.69 Å². The van der Waals surface area contributed by atoms with Gasteiger partial charge in [-0.05, 0) is 53.2 Å². The van der Waals surface area contributed by atoms with Gasteiger partial charge in [-0.1, -0.05) is 11.6 Å². The van der Waals surface area contributed by atoms with Crippen molar-refractivity contribution in [1.82, 2.24) is 10.3 Å². The van der Waals surface area contributed by atoms with E-state index in [2.05, 4.69) is 20.8 Å². The minimum Gasteiger partial charge on any atom is -0.539 e. The van der Waals surface area contributed by atoms with Gasteiger partial charge in [0, 0.05) is 28.1 Å². The molecule has 0 aliphatic heterocycles. The molecule has 1 N–H and O–H groups in total. The Morgan fingerprint density at radius 3 is 2.68 bits per heavy atom. The van der Waals surface area contributed by atoms with Crippen LogP contribution in [0.25, 0.3) is 28.4 Å². The largest absolute Gasteiger partial charge is 0.539 e. The molecule has 11 heteroatoms. The summed E-state index contributed by atoms with van der Waals surface area (Å²) in [5.41, 5.74) is 5.01. The van der Waals surface area contributed by atoms with E-state index in [-0.39, 0.29) is 5.69 Å². The van der Waals surface area contributed by atoms with Crippen molar-refractivity contribution in [1.29, 1.82) is 0 Å². The number of benzene rings is 2. The van der Waals surface area contributed by atoms with Crippen LogP contribution in [-0.4, -0.2) is 23.6 Å². The third-order valence-electron chi connectivity index (χ3n) is 4.78. The summed E-state index contributed by atoms with van der Waals surface area (Å²) in [6, 6.07) is 18.1. The van der Waals surface area contributed by atoms with Gasteiger partial charge in [-0.2, -0.15) is 5.10 Å². The minimum atomic E-state index is -0.596. The highest BCUT2D eigenvalue weighted by molar-refractivity contribution is 7.14. The highest BCUT2D eigenvalue weighted by atomic mass is 35.5. The summed E-state index contributed by atoms with van der Waals surface area (Å²) in [5, 5.41) is 23.2. The van der Waals surface area contributed by atoms with Crippen molar-refractivity contribution in [2.24, 2.45) is 5.10 Å². The summed E-state index contributed by atoms with van der Waals surface area (Å²) in [4.78, 5) is 4.43. The van der Waals surface area contributed by atoms with E-state index in [1.165, 1.54) is 22.2 Å². The monoisotopic (exact) mass is 493 g/mol. The standard InChI is InChI=1S/C23H16ClN5O4S/c1-31-17-8-6-16(7-9-17)29-21(22(30)33-28-29)19-13-34-23(26-19)27-25-12-18-10-11-20(32-18)14-2-4-15(24)5-3-14/h2-13H,1H3,(H-,26,27,28,30)/b25-12+. The zero-order valence-corrected chi connectivity index (χ0v) is 19.2. The topological polar surface area (TPSA) is 113 Å². The van der Waals surface area contributed by atoms with Gasteiger partial charge in [0.2, 0.25) is 10.8 Å². The predicted octanol–water partition coefficient (Wildman–Crippen LogP) is 4.52. The van der Waals surface area contributed by atoms with E-state index in [1.54, 1.807) is 55.0 Å². The first-order valence-corrected chi connectivity index (χ1v) is 11.2. The number of ether oxygens (including phenoxy) is 1. The van der Waals surface area contributed by atoms with Crippen molar-refractivity contribution in [2.75, 3.05) is 12.5 Å². The molecule has 170 valence electrons. The van der Waals surface area contributed by atoms with Crippen molar-refractivity contribution in [3.8, 4) is 40.1 Å². The van der Waals surface area contributed by atoms with Crippen molar-refractivity contribution in [3.05, 3.63) is 76.8 Å². The molecule has 5 rings (SSSR count). The second-order valence-corrected chi connectivity index (χ2v) is 8.23. The quantitative estimate of drug-likeness (QED) is 0.201. The van der Waals surface area contributed by atoms with Crippen molar-refractivity contribution in [2.45, 2.75) is 0 Å². The van der Waals surface area contributed by atoms with Crippen LogP contribution >= 0.6 is 22.9 Å². The number of hydrazone groups is 1. The number of methoxy groups -OCH3 is 1. The highest BCUT2D eigenvalue weighted by Gasteiger charge is 2.25. The zero-order chi connectivity index (χ0) is 23.5. The molecule has 0 fully saturated rings.